The summed E-state index contributed by atoms with van der Waals surface area (Å²) in [4.78, 5) is 11.4. The van der Waals surface area contributed by atoms with E-state index in [0.29, 0.717) is 12.2 Å². The predicted molar refractivity (Wildman–Crippen MR) is 95.3 cm³/mol. The summed E-state index contributed by atoms with van der Waals surface area (Å²) in [6, 6.07) is 20.2. The van der Waals surface area contributed by atoms with Gasteiger partial charge in [0.25, 0.3) is 0 Å². The van der Waals surface area contributed by atoms with E-state index < -0.39 is 0 Å². The van der Waals surface area contributed by atoms with Gasteiger partial charge in [-0.2, -0.15) is 0 Å². The molecule has 118 valence electrons. The zero-order valence-electron chi connectivity index (χ0n) is 13.4. The second kappa shape index (κ2) is 5.85. The predicted octanol–water partition coefficient (Wildman–Crippen LogP) is 4.26. The molecule has 1 aliphatic heterocycles. The molecule has 1 aromatic heterocycles. The minimum atomic E-state index is 0.690. The number of hydrogen-bond acceptors (Lipinski definition) is 2. The summed E-state index contributed by atoms with van der Waals surface area (Å²) in [5, 5.41) is 0. The highest BCUT2D eigenvalue weighted by molar-refractivity contribution is 5.93. The van der Waals surface area contributed by atoms with Crippen LogP contribution in [0.15, 0.2) is 60.7 Å². The number of rotatable bonds is 3. The molecule has 0 aliphatic carbocycles. The van der Waals surface area contributed by atoms with Crippen molar-refractivity contribution in [2.75, 3.05) is 7.11 Å². The summed E-state index contributed by atoms with van der Waals surface area (Å²) in [6.07, 6.45) is 3.11. The number of aromatic nitrogens is 1. The van der Waals surface area contributed by atoms with Crippen molar-refractivity contribution in [2.45, 2.75) is 6.54 Å². The third kappa shape index (κ3) is 2.35. The summed E-state index contributed by atoms with van der Waals surface area (Å²) >= 11 is 0. The lowest BCUT2D eigenvalue weighted by molar-refractivity contribution is 0.111. The van der Waals surface area contributed by atoms with Gasteiger partial charge in [-0.15, -0.1) is 0 Å². The van der Waals surface area contributed by atoms with Crippen molar-refractivity contribution in [2.24, 2.45) is 0 Å². The summed E-state index contributed by atoms with van der Waals surface area (Å²) in [5.41, 5.74) is 6.28. The maximum atomic E-state index is 11.4. The average molecular weight is 315 g/mol. The van der Waals surface area contributed by atoms with Crippen LogP contribution in [0.2, 0.25) is 0 Å². The van der Waals surface area contributed by atoms with E-state index >= 15 is 0 Å². The number of ether oxygens (including phenoxy) is 1. The standard InChI is InChI=1S/C21H17NO2/c1-24-19-8-4-7-16(11-19)20-12-15-5-2-3-6-17(15)13-22-18(14-23)9-10-21(20)22/h2-12,14H,13H2,1H3. The Morgan fingerprint density at radius 1 is 1.04 bits per heavy atom. The fraction of sp³-hybridized carbons (Fsp3) is 0.0952. The summed E-state index contributed by atoms with van der Waals surface area (Å²) in [7, 11) is 1.67. The van der Waals surface area contributed by atoms with E-state index in [2.05, 4.69) is 28.8 Å². The zero-order valence-corrected chi connectivity index (χ0v) is 13.4. The Bertz CT molecular complexity index is 950. The maximum absolute atomic E-state index is 11.4. The van der Waals surface area contributed by atoms with Crippen LogP contribution in [-0.4, -0.2) is 18.0 Å². The lowest BCUT2D eigenvalue weighted by Gasteiger charge is -2.12. The number of methoxy groups -OCH3 is 1. The zero-order chi connectivity index (χ0) is 16.5. The van der Waals surface area contributed by atoms with Crippen LogP contribution in [0, 0.1) is 0 Å². The van der Waals surface area contributed by atoms with Crippen molar-refractivity contribution in [1.82, 2.24) is 4.57 Å². The lowest BCUT2D eigenvalue weighted by Crippen LogP contribution is -2.06. The van der Waals surface area contributed by atoms with Gasteiger partial charge in [-0.1, -0.05) is 36.4 Å². The molecule has 3 heteroatoms. The quantitative estimate of drug-likeness (QED) is 0.529. The minimum Gasteiger partial charge on any atom is -0.497 e. The molecule has 0 spiro atoms. The molecule has 0 radical (unpaired) electrons. The van der Waals surface area contributed by atoms with Crippen molar-refractivity contribution in [1.29, 1.82) is 0 Å². The summed E-state index contributed by atoms with van der Waals surface area (Å²) in [6.45, 7) is 0.691. The number of carbonyl (C=O) groups is 1. The minimum absolute atomic E-state index is 0.690. The van der Waals surface area contributed by atoms with Crippen LogP contribution in [-0.2, 0) is 6.54 Å². The van der Waals surface area contributed by atoms with Gasteiger partial charge in [0.2, 0.25) is 0 Å². The van der Waals surface area contributed by atoms with Crippen LogP contribution in [0.4, 0.5) is 0 Å². The van der Waals surface area contributed by atoms with Crippen molar-refractivity contribution in [3.05, 3.63) is 88.7 Å². The monoisotopic (exact) mass is 315 g/mol. The first-order chi connectivity index (χ1) is 11.8. The Morgan fingerprint density at radius 2 is 1.92 bits per heavy atom. The third-order valence-electron chi connectivity index (χ3n) is 4.48. The molecule has 2 heterocycles. The molecule has 0 bridgehead atoms. The van der Waals surface area contributed by atoms with Gasteiger partial charge < -0.3 is 9.30 Å². The van der Waals surface area contributed by atoms with Gasteiger partial charge in [0.15, 0.2) is 6.29 Å². The van der Waals surface area contributed by atoms with Gasteiger partial charge in [-0.3, -0.25) is 4.79 Å². The Morgan fingerprint density at radius 3 is 2.75 bits per heavy atom. The van der Waals surface area contributed by atoms with Crippen LogP contribution in [0.1, 0.15) is 32.9 Å². The molecule has 0 saturated heterocycles. The molecule has 0 atom stereocenters. The first-order valence-corrected chi connectivity index (χ1v) is 7.89. The molecule has 0 saturated carbocycles. The first-order valence-electron chi connectivity index (χ1n) is 7.89. The second-order valence-corrected chi connectivity index (χ2v) is 5.84. The lowest BCUT2D eigenvalue weighted by atomic mass is 9.99. The molecule has 1 aliphatic rings. The SMILES string of the molecule is COc1cccc(C2=Cc3ccccc3Cn3c(C=O)ccc32)c1. The van der Waals surface area contributed by atoms with E-state index in [0.717, 1.165) is 28.9 Å². The summed E-state index contributed by atoms with van der Waals surface area (Å²) in [5.74, 6) is 0.819. The highest BCUT2D eigenvalue weighted by atomic mass is 16.5. The van der Waals surface area contributed by atoms with E-state index in [4.69, 9.17) is 4.74 Å². The van der Waals surface area contributed by atoms with E-state index in [1.807, 2.05) is 42.5 Å². The molecular weight excluding hydrogens is 298 g/mol. The molecule has 4 rings (SSSR count). The van der Waals surface area contributed by atoms with E-state index in [1.54, 1.807) is 7.11 Å². The fourth-order valence-electron chi connectivity index (χ4n) is 3.24. The molecule has 0 fully saturated rings. The van der Waals surface area contributed by atoms with Crippen molar-refractivity contribution < 1.29 is 9.53 Å². The largest absolute Gasteiger partial charge is 0.497 e. The van der Waals surface area contributed by atoms with Crippen molar-refractivity contribution >= 4 is 17.9 Å². The highest BCUT2D eigenvalue weighted by Crippen LogP contribution is 2.33. The van der Waals surface area contributed by atoms with Gasteiger partial charge in [-0.05, 0) is 47.0 Å². The van der Waals surface area contributed by atoms with Crippen molar-refractivity contribution in [3.63, 3.8) is 0 Å². The molecule has 2 aromatic carbocycles. The summed E-state index contributed by atoms with van der Waals surface area (Å²) < 4.78 is 7.44. The number of nitrogens with zero attached hydrogens (tertiary/aromatic N) is 1. The number of benzene rings is 2. The first kappa shape index (κ1) is 14.5. The van der Waals surface area contributed by atoms with Crippen molar-refractivity contribution in [3.8, 4) is 5.75 Å². The second-order valence-electron chi connectivity index (χ2n) is 5.84. The van der Waals surface area contributed by atoms with Crippen LogP contribution in [0.5, 0.6) is 5.75 Å². The maximum Gasteiger partial charge on any atom is 0.166 e. The Hall–Kier alpha value is -3.07. The average Bonchev–Trinajstić information content (AvgIpc) is 2.95. The topological polar surface area (TPSA) is 31.2 Å². The molecule has 0 N–H and O–H groups in total. The number of hydrogen-bond donors (Lipinski definition) is 0. The van der Waals surface area contributed by atoms with Crippen LogP contribution in [0.3, 0.4) is 0 Å². The number of carbonyl (C=O) groups excluding carboxylic acids is 1. The van der Waals surface area contributed by atoms with Crippen LogP contribution in [0.25, 0.3) is 11.6 Å². The molecular formula is C21H17NO2. The third-order valence-corrected chi connectivity index (χ3v) is 4.48. The molecule has 0 amide bonds. The fourth-order valence-corrected chi connectivity index (χ4v) is 3.24. The van der Waals surface area contributed by atoms with Gasteiger partial charge in [0.1, 0.15) is 5.75 Å². The van der Waals surface area contributed by atoms with Gasteiger partial charge in [0.05, 0.1) is 12.8 Å². The molecule has 3 nitrogen and oxygen atoms in total. The van der Waals surface area contributed by atoms with E-state index in [9.17, 15) is 4.79 Å². The number of fused-ring (bicyclic) bond motifs is 2. The Balaban J connectivity index is 1.98. The van der Waals surface area contributed by atoms with Gasteiger partial charge in [-0.25, -0.2) is 0 Å². The smallest absolute Gasteiger partial charge is 0.166 e. The van der Waals surface area contributed by atoms with Gasteiger partial charge >= 0.3 is 0 Å². The highest BCUT2D eigenvalue weighted by Gasteiger charge is 2.18. The molecule has 24 heavy (non-hydrogen) atoms. The molecule has 0 unspecified atom stereocenters. The number of aldehydes is 1. The Labute approximate surface area is 140 Å². The van der Waals surface area contributed by atoms with Crippen LogP contribution < -0.4 is 4.74 Å². The van der Waals surface area contributed by atoms with Crippen LogP contribution >= 0.6 is 0 Å². The van der Waals surface area contributed by atoms with Gasteiger partial charge in [0, 0.05) is 17.8 Å². The van der Waals surface area contributed by atoms with E-state index in [-0.39, 0.29) is 0 Å². The normalized spacial score (nSPS) is 12.6. The van der Waals surface area contributed by atoms with E-state index in [1.165, 1.54) is 11.1 Å². The Kier molecular flexibility index (Phi) is 3.54. The molecule has 3 aromatic rings.